The number of aryl methyl sites for hydroxylation is 1. The van der Waals surface area contributed by atoms with E-state index >= 15 is 0 Å². The van der Waals surface area contributed by atoms with Gasteiger partial charge < -0.3 is 0 Å². The van der Waals surface area contributed by atoms with E-state index in [0.717, 1.165) is 5.56 Å². The van der Waals surface area contributed by atoms with Gasteiger partial charge in [0.1, 0.15) is 8.07 Å². The molecular formula is C12H17FSi. The molecule has 0 unspecified atom stereocenters. The predicted octanol–water partition coefficient (Wildman–Crippen LogP) is 4.18. The molecule has 0 radical (unpaired) electrons. The lowest BCUT2D eigenvalue weighted by Gasteiger charge is -2.12. The summed E-state index contributed by atoms with van der Waals surface area (Å²) in [6.45, 7) is 8.05. The highest BCUT2D eigenvalue weighted by atomic mass is 28.3. The van der Waals surface area contributed by atoms with E-state index in [2.05, 4.69) is 0 Å². The Balaban J connectivity index is 2.93. The summed E-state index contributed by atoms with van der Waals surface area (Å²) in [5.41, 5.74) is 2.22. The highest BCUT2D eigenvalue weighted by Gasteiger charge is 2.19. The molecule has 0 saturated heterocycles. The van der Waals surface area contributed by atoms with E-state index in [9.17, 15) is 4.39 Å². The topological polar surface area (TPSA) is 0 Å². The van der Waals surface area contributed by atoms with Gasteiger partial charge in [-0.2, -0.15) is 0 Å². The van der Waals surface area contributed by atoms with E-state index in [1.165, 1.54) is 5.56 Å². The van der Waals surface area contributed by atoms with Crippen molar-refractivity contribution in [2.24, 2.45) is 0 Å². The van der Waals surface area contributed by atoms with Gasteiger partial charge in [-0.1, -0.05) is 49.5 Å². The average molecular weight is 208 g/mol. The summed E-state index contributed by atoms with van der Waals surface area (Å²) in [5.74, 6) is 0. The molecule has 0 aliphatic rings. The van der Waals surface area contributed by atoms with Crippen LogP contribution in [-0.2, 0) is 0 Å². The van der Waals surface area contributed by atoms with E-state index in [0.29, 0.717) is 0 Å². The molecule has 0 bridgehead atoms. The molecule has 0 aliphatic carbocycles. The first kappa shape index (κ1) is 11.2. The van der Waals surface area contributed by atoms with Gasteiger partial charge in [0.05, 0.1) is 5.45 Å². The van der Waals surface area contributed by atoms with Crippen molar-refractivity contribution in [2.75, 3.05) is 0 Å². The molecule has 0 nitrogen and oxygen atoms in total. The summed E-state index contributed by atoms with van der Waals surface area (Å²) < 4.78 is 13.6. The minimum Gasteiger partial charge on any atom is -0.217 e. The summed E-state index contributed by atoms with van der Waals surface area (Å²) in [5, 5.41) is 0. The summed E-state index contributed by atoms with van der Waals surface area (Å²) in [4.78, 5) is 0. The molecule has 1 aromatic rings. The minimum atomic E-state index is -1.76. The van der Waals surface area contributed by atoms with Crippen molar-refractivity contribution in [1.29, 1.82) is 0 Å². The molecule has 0 saturated carbocycles. The molecule has 0 amide bonds. The number of hydrogen-bond donors (Lipinski definition) is 0. The molecule has 1 aromatic carbocycles. The Morgan fingerprint density at radius 3 is 2.07 bits per heavy atom. The largest absolute Gasteiger partial charge is 0.217 e. The average Bonchev–Trinajstić information content (AvgIpc) is 2.07. The van der Waals surface area contributed by atoms with Gasteiger partial charge in [-0.3, -0.25) is 0 Å². The van der Waals surface area contributed by atoms with E-state index in [4.69, 9.17) is 0 Å². The molecule has 2 heteroatoms. The maximum atomic E-state index is 13.6. The molecule has 76 valence electrons. The lowest BCUT2D eigenvalue weighted by atomic mass is 10.1. The molecule has 0 aromatic heterocycles. The molecule has 0 spiro atoms. The van der Waals surface area contributed by atoms with Crippen LogP contribution < -0.4 is 0 Å². The molecule has 1 rings (SSSR count). The first-order valence-corrected chi connectivity index (χ1v) is 8.34. The fourth-order valence-corrected chi connectivity index (χ4v) is 1.63. The van der Waals surface area contributed by atoms with Gasteiger partial charge >= 0.3 is 0 Å². The fourth-order valence-electron chi connectivity index (χ4n) is 1.03. The maximum absolute atomic E-state index is 13.6. The third kappa shape index (κ3) is 3.11. The lowest BCUT2D eigenvalue weighted by molar-refractivity contribution is 0.689. The molecule has 14 heavy (non-hydrogen) atoms. The van der Waals surface area contributed by atoms with Crippen LogP contribution in [0.15, 0.2) is 29.7 Å². The first-order chi connectivity index (χ1) is 6.39. The van der Waals surface area contributed by atoms with Gasteiger partial charge in [-0.25, -0.2) is 4.39 Å². The van der Waals surface area contributed by atoms with Crippen LogP contribution in [0.5, 0.6) is 0 Å². The predicted molar refractivity (Wildman–Crippen MR) is 63.6 cm³/mol. The normalized spacial score (nSPS) is 13.1. The van der Waals surface area contributed by atoms with Crippen LogP contribution in [0.25, 0.3) is 6.08 Å². The second-order valence-electron chi connectivity index (χ2n) is 4.65. The van der Waals surface area contributed by atoms with E-state index in [1.807, 2.05) is 50.8 Å². The van der Waals surface area contributed by atoms with Gasteiger partial charge in [0.15, 0.2) is 0 Å². The van der Waals surface area contributed by atoms with Crippen LogP contribution in [-0.4, -0.2) is 8.07 Å². The van der Waals surface area contributed by atoms with Gasteiger partial charge in [0.2, 0.25) is 0 Å². The smallest absolute Gasteiger partial charge is 0.114 e. The Morgan fingerprint density at radius 2 is 1.64 bits per heavy atom. The zero-order valence-corrected chi connectivity index (χ0v) is 10.3. The summed E-state index contributed by atoms with van der Waals surface area (Å²) >= 11 is 0. The Hall–Kier alpha value is -0.893. The lowest BCUT2D eigenvalue weighted by Crippen LogP contribution is -2.20. The third-order valence-electron chi connectivity index (χ3n) is 2.09. The third-order valence-corrected chi connectivity index (χ3v) is 3.66. The minimum absolute atomic E-state index is 0.0568. The second-order valence-corrected chi connectivity index (χ2v) is 9.63. The van der Waals surface area contributed by atoms with Crippen molar-refractivity contribution < 1.29 is 4.39 Å². The number of benzene rings is 1. The van der Waals surface area contributed by atoms with Crippen molar-refractivity contribution in [3.63, 3.8) is 0 Å². The van der Waals surface area contributed by atoms with Crippen LogP contribution >= 0.6 is 0 Å². The quantitative estimate of drug-likeness (QED) is 0.639. The zero-order valence-electron chi connectivity index (χ0n) is 9.26. The first-order valence-electron chi connectivity index (χ1n) is 4.84. The van der Waals surface area contributed by atoms with Crippen LogP contribution in [0.1, 0.15) is 11.1 Å². The van der Waals surface area contributed by atoms with Crippen molar-refractivity contribution in [2.45, 2.75) is 26.6 Å². The summed E-state index contributed by atoms with van der Waals surface area (Å²) in [7, 11) is -1.76. The van der Waals surface area contributed by atoms with Gasteiger partial charge in [-0.15, -0.1) is 0 Å². The molecule has 0 atom stereocenters. The van der Waals surface area contributed by atoms with Crippen LogP contribution in [0, 0.1) is 6.92 Å². The van der Waals surface area contributed by atoms with Crippen LogP contribution in [0.2, 0.25) is 19.6 Å². The molecule has 0 heterocycles. The van der Waals surface area contributed by atoms with Gasteiger partial charge in [0, 0.05) is 0 Å². The fraction of sp³-hybridized carbons (Fsp3) is 0.333. The van der Waals surface area contributed by atoms with Crippen molar-refractivity contribution in [3.8, 4) is 0 Å². The van der Waals surface area contributed by atoms with Crippen molar-refractivity contribution in [1.82, 2.24) is 0 Å². The molecule has 0 N–H and O–H groups in total. The van der Waals surface area contributed by atoms with E-state index in [-0.39, 0.29) is 5.45 Å². The summed E-state index contributed by atoms with van der Waals surface area (Å²) in [6.07, 6.45) is 1.66. The Morgan fingerprint density at radius 1 is 1.14 bits per heavy atom. The summed E-state index contributed by atoms with van der Waals surface area (Å²) in [6, 6.07) is 7.91. The van der Waals surface area contributed by atoms with Crippen molar-refractivity contribution >= 4 is 14.1 Å². The van der Waals surface area contributed by atoms with E-state index < -0.39 is 8.07 Å². The van der Waals surface area contributed by atoms with Crippen LogP contribution in [0.4, 0.5) is 4.39 Å². The molecular weight excluding hydrogens is 191 g/mol. The Kier molecular flexibility index (Phi) is 3.27. The standard InChI is InChI=1S/C12H17FSi/c1-10-5-7-11(8-6-10)9-12(13)14(2,3)4/h5-9H,1-4H3/b12-9+. The van der Waals surface area contributed by atoms with Gasteiger partial charge in [-0.05, 0) is 18.6 Å². The Bertz CT molecular complexity index is 330. The number of rotatable bonds is 2. The van der Waals surface area contributed by atoms with Gasteiger partial charge in [0.25, 0.3) is 0 Å². The SMILES string of the molecule is Cc1ccc(/C=C(\F)[Si](C)(C)C)cc1. The monoisotopic (exact) mass is 208 g/mol. The van der Waals surface area contributed by atoms with Crippen LogP contribution in [0.3, 0.4) is 0 Å². The maximum Gasteiger partial charge on any atom is 0.114 e. The van der Waals surface area contributed by atoms with Crippen molar-refractivity contribution in [3.05, 3.63) is 40.8 Å². The number of hydrogen-bond acceptors (Lipinski definition) is 0. The Labute approximate surface area is 86.5 Å². The molecule has 0 fully saturated rings. The van der Waals surface area contributed by atoms with E-state index in [1.54, 1.807) is 6.08 Å². The highest BCUT2D eigenvalue weighted by Crippen LogP contribution is 2.19. The zero-order chi connectivity index (χ0) is 10.8. The number of halogens is 1. The molecule has 0 aliphatic heterocycles. The highest BCUT2D eigenvalue weighted by molar-refractivity contribution is 6.83. The second kappa shape index (κ2) is 4.09.